The summed E-state index contributed by atoms with van der Waals surface area (Å²) in [6, 6.07) is 2.34. The zero-order chi connectivity index (χ0) is 28.2. The molecular weight excluding hydrogens is 500 g/mol. The Hall–Kier alpha value is -3.63. The van der Waals surface area contributed by atoms with Crippen molar-refractivity contribution >= 4 is 35.4 Å². The molecule has 0 radical (unpaired) electrons. The maximum absolute atomic E-state index is 11.0. The molecule has 1 aliphatic heterocycles. The third-order valence-electron chi connectivity index (χ3n) is 6.49. The molecule has 0 amide bonds. The summed E-state index contributed by atoms with van der Waals surface area (Å²) < 4.78 is 12.7. The van der Waals surface area contributed by atoms with E-state index in [1.54, 1.807) is 7.11 Å². The molecule has 0 spiro atoms. The lowest BCUT2D eigenvalue weighted by Gasteiger charge is -2.23. The molecule has 1 atom stereocenters. The number of hydrogen-bond acceptors (Lipinski definition) is 12. The van der Waals surface area contributed by atoms with Gasteiger partial charge in [-0.25, -0.2) is 0 Å². The molecule has 3 rings (SSSR count). The van der Waals surface area contributed by atoms with E-state index in [4.69, 9.17) is 24.5 Å². The molecule has 1 saturated heterocycles. The second-order valence-electron chi connectivity index (χ2n) is 9.22. The Morgan fingerprint density at radius 1 is 1.23 bits per heavy atom. The van der Waals surface area contributed by atoms with Crippen LogP contribution in [0.5, 0.6) is 0 Å². The number of nitrogens with one attached hydrogen (secondary N) is 2. The first-order chi connectivity index (χ1) is 19.0. The van der Waals surface area contributed by atoms with Crippen LogP contribution in [0, 0.1) is 11.3 Å². The minimum Gasteiger partial charge on any atom is -0.383 e. The predicted octanol–water partition coefficient (Wildman–Crippen LogP) is 4.17. The normalized spacial score (nSPS) is 14.8. The average molecular weight is 541 g/mol. The smallest absolute Gasteiger partial charge is 0.229 e. The summed E-state index contributed by atoms with van der Waals surface area (Å²) in [5, 5.41) is 30.3. The molecule has 13 heteroatoms. The average Bonchev–Trinajstić information content (AvgIpc) is 3.31. The van der Waals surface area contributed by atoms with Crippen LogP contribution < -0.4 is 15.5 Å². The van der Waals surface area contributed by atoms with Gasteiger partial charge in [-0.05, 0) is 40.0 Å². The van der Waals surface area contributed by atoms with Gasteiger partial charge >= 0.3 is 0 Å². The van der Waals surface area contributed by atoms with Gasteiger partial charge in [-0.2, -0.15) is 15.2 Å². The van der Waals surface area contributed by atoms with Crippen LogP contribution in [-0.4, -0.2) is 78.6 Å². The van der Waals surface area contributed by atoms with Crippen molar-refractivity contribution in [2.45, 2.75) is 65.5 Å². The van der Waals surface area contributed by atoms with Crippen molar-refractivity contribution in [1.82, 2.24) is 19.7 Å². The van der Waals surface area contributed by atoms with Crippen molar-refractivity contribution in [3.63, 3.8) is 0 Å². The maximum Gasteiger partial charge on any atom is 0.229 e. The van der Waals surface area contributed by atoms with Crippen LogP contribution in [0.4, 0.5) is 29.1 Å². The SMILES string of the molecule is CCc1c(C#N)c(N=Nc2c(NCCC=O)nc(N(CC)CC)nc2NC(C)COC)nn1C1CCOCC1. The van der Waals surface area contributed by atoms with Gasteiger partial charge in [0.25, 0.3) is 0 Å². The van der Waals surface area contributed by atoms with E-state index in [0.29, 0.717) is 81.1 Å². The van der Waals surface area contributed by atoms with Crippen molar-refractivity contribution < 1.29 is 14.3 Å². The van der Waals surface area contributed by atoms with Crippen LogP contribution in [0.25, 0.3) is 0 Å². The molecule has 2 N–H and O–H groups in total. The van der Waals surface area contributed by atoms with Crippen LogP contribution in [0.2, 0.25) is 0 Å². The number of aromatic nitrogens is 4. The fraction of sp³-hybridized carbons (Fsp3) is 0.654. The standard InChI is InChI=1S/C26H40N10O3/c1-6-21-20(16-27)23(34-36(21)19-10-14-39-15-11-19)33-32-22-24(28-12-9-13-37)30-26(35(7-2)8-3)31-25(22)29-18(4)17-38-5/h13,18-19H,6-12,14-15,17H2,1-5H3,(H2,28,29,30,31). The second-order valence-corrected chi connectivity index (χ2v) is 9.22. The lowest BCUT2D eigenvalue weighted by molar-refractivity contribution is -0.107. The Labute approximate surface area is 230 Å². The number of carbonyl (C=O) groups is 1. The minimum absolute atomic E-state index is 0.0830. The van der Waals surface area contributed by atoms with Crippen molar-refractivity contribution in [2.24, 2.45) is 10.2 Å². The van der Waals surface area contributed by atoms with Gasteiger partial charge in [0.15, 0.2) is 17.3 Å². The summed E-state index contributed by atoms with van der Waals surface area (Å²) in [5.41, 5.74) is 1.61. The van der Waals surface area contributed by atoms with Gasteiger partial charge in [0, 0.05) is 52.4 Å². The van der Waals surface area contributed by atoms with E-state index < -0.39 is 0 Å². The maximum atomic E-state index is 11.0. The highest BCUT2D eigenvalue weighted by atomic mass is 16.5. The van der Waals surface area contributed by atoms with Crippen LogP contribution >= 0.6 is 0 Å². The molecule has 3 heterocycles. The first-order valence-electron chi connectivity index (χ1n) is 13.6. The van der Waals surface area contributed by atoms with Gasteiger partial charge < -0.3 is 29.8 Å². The Balaban J connectivity index is 2.11. The molecular formula is C26H40N10O3. The van der Waals surface area contributed by atoms with E-state index in [2.05, 4.69) is 26.9 Å². The highest BCUT2D eigenvalue weighted by Gasteiger charge is 2.25. The Morgan fingerprint density at radius 3 is 2.56 bits per heavy atom. The van der Waals surface area contributed by atoms with Crippen LogP contribution in [0.3, 0.4) is 0 Å². The third kappa shape index (κ3) is 7.48. The number of carbonyl (C=O) groups excluding carboxylic acids is 1. The Morgan fingerprint density at radius 2 is 1.95 bits per heavy atom. The van der Waals surface area contributed by atoms with Gasteiger partial charge in [-0.15, -0.1) is 15.3 Å². The van der Waals surface area contributed by atoms with Crippen LogP contribution in [0.1, 0.15) is 64.3 Å². The number of ether oxygens (including phenoxy) is 2. The molecule has 2 aromatic rings. The molecule has 0 aromatic carbocycles. The lowest BCUT2D eigenvalue weighted by atomic mass is 10.1. The van der Waals surface area contributed by atoms with E-state index in [-0.39, 0.29) is 17.9 Å². The molecule has 212 valence electrons. The number of aldehydes is 1. The van der Waals surface area contributed by atoms with Crippen LogP contribution in [0.15, 0.2) is 10.2 Å². The van der Waals surface area contributed by atoms with Gasteiger partial charge in [0.2, 0.25) is 11.8 Å². The molecule has 0 bridgehead atoms. The minimum atomic E-state index is -0.0830. The first-order valence-corrected chi connectivity index (χ1v) is 13.6. The van der Waals surface area contributed by atoms with Crippen molar-refractivity contribution in [3.05, 3.63) is 11.3 Å². The summed E-state index contributed by atoms with van der Waals surface area (Å²) in [6.45, 7) is 11.6. The van der Waals surface area contributed by atoms with Gasteiger partial charge in [0.1, 0.15) is 17.9 Å². The van der Waals surface area contributed by atoms with Crippen molar-refractivity contribution in [2.75, 3.05) is 62.1 Å². The number of anilines is 3. The third-order valence-corrected chi connectivity index (χ3v) is 6.49. The fourth-order valence-corrected chi connectivity index (χ4v) is 4.49. The van der Waals surface area contributed by atoms with Gasteiger partial charge in [-0.1, -0.05) is 6.92 Å². The van der Waals surface area contributed by atoms with E-state index in [0.717, 1.165) is 24.8 Å². The van der Waals surface area contributed by atoms with E-state index in [1.165, 1.54) is 0 Å². The molecule has 1 fully saturated rings. The summed E-state index contributed by atoms with van der Waals surface area (Å²) in [6.07, 6.45) is 3.44. The summed E-state index contributed by atoms with van der Waals surface area (Å²) in [5.74, 6) is 1.67. The molecule has 13 nitrogen and oxygen atoms in total. The molecule has 0 saturated carbocycles. The second kappa shape index (κ2) is 15.1. The number of methoxy groups -OCH3 is 1. The van der Waals surface area contributed by atoms with E-state index in [9.17, 15) is 10.1 Å². The molecule has 1 unspecified atom stereocenters. The topological polar surface area (TPSA) is 155 Å². The lowest BCUT2D eigenvalue weighted by Crippen LogP contribution is -2.27. The fourth-order valence-electron chi connectivity index (χ4n) is 4.49. The molecule has 0 aliphatic carbocycles. The molecule has 2 aromatic heterocycles. The quantitative estimate of drug-likeness (QED) is 0.191. The van der Waals surface area contributed by atoms with E-state index in [1.807, 2.05) is 37.3 Å². The molecule has 1 aliphatic rings. The van der Waals surface area contributed by atoms with Crippen molar-refractivity contribution in [3.8, 4) is 6.07 Å². The molecule has 39 heavy (non-hydrogen) atoms. The Bertz CT molecular complexity index is 1150. The zero-order valence-electron chi connectivity index (χ0n) is 23.6. The van der Waals surface area contributed by atoms with Crippen LogP contribution in [-0.2, 0) is 20.7 Å². The van der Waals surface area contributed by atoms with Crippen molar-refractivity contribution in [1.29, 1.82) is 5.26 Å². The summed E-state index contributed by atoms with van der Waals surface area (Å²) in [4.78, 5) is 22.5. The monoisotopic (exact) mass is 540 g/mol. The van der Waals surface area contributed by atoms with Gasteiger partial charge in [-0.3, -0.25) is 4.68 Å². The summed E-state index contributed by atoms with van der Waals surface area (Å²) >= 11 is 0. The number of nitriles is 1. The summed E-state index contributed by atoms with van der Waals surface area (Å²) in [7, 11) is 1.63. The number of hydrogen-bond donors (Lipinski definition) is 2. The predicted molar refractivity (Wildman–Crippen MR) is 149 cm³/mol. The number of nitrogens with zero attached hydrogens (tertiary/aromatic N) is 8. The largest absolute Gasteiger partial charge is 0.383 e. The Kier molecular flexibility index (Phi) is 11.6. The number of azo groups is 1. The highest BCUT2D eigenvalue weighted by molar-refractivity contribution is 5.76. The van der Waals surface area contributed by atoms with E-state index >= 15 is 0 Å². The zero-order valence-corrected chi connectivity index (χ0v) is 23.6. The van der Waals surface area contributed by atoms with Gasteiger partial charge in [0.05, 0.1) is 18.3 Å². The first kappa shape index (κ1) is 29.9. The number of rotatable bonds is 15. The highest BCUT2D eigenvalue weighted by Crippen LogP contribution is 2.36.